The van der Waals surface area contributed by atoms with Gasteiger partial charge >= 0.3 is 6.09 Å². The van der Waals surface area contributed by atoms with E-state index in [9.17, 15) is 9.59 Å². The SMILES string of the molecule is CC1(OC(=O)N2CC3C(CCNC(=O)c4cc5ccncc5s4)C3C2)COC1. The lowest BCUT2D eigenvalue weighted by Gasteiger charge is -2.38. The van der Waals surface area contributed by atoms with Gasteiger partial charge in [0, 0.05) is 32.0 Å². The molecule has 1 N–H and O–H groups in total. The molecule has 0 aromatic carbocycles. The van der Waals surface area contributed by atoms with Crippen LogP contribution in [0.4, 0.5) is 4.79 Å². The zero-order chi connectivity index (χ0) is 19.3. The number of ether oxygens (including phenoxy) is 2. The van der Waals surface area contributed by atoms with Gasteiger partial charge in [0.15, 0.2) is 5.60 Å². The number of fused-ring (bicyclic) bond motifs is 2. The third-order valence-corrected chi connectivity index (χ3v) is 7.17. The van der Waals surface area contributed by atoms with E-state index in [4.69, 9.17) is 9.47 Å². The van der Waals surface area contributed by atoms with Crippen molar-refractivity contribution in [3.63, 3.8) is 0 Å². The number of likely N-dealkylation sites (tertiary alicyclic amines) is 1. The van der Waals surface area contributed by atoms with Gasteiger partial charge in [-0.15, -0.1) is 11.3 Å². The second-order valence-corrected chi connectivity index (χ2v) is 9.36. The summed E-state index contributed by atoms with van der Waals surface area (Å²) in [6.07, 6.45) is 4.27. The summed E-state index contributed by atoms with van der Waals surface area (Å²) in [6.45, 7) is 5.08. The van der Waals surface area contributed by atoms with Gasteiger partial charge in [-0.3, -0.25) is 9.78 Å². The van der Waals surface area contributed by atoms with Crippen molar-refractivity contribution in [2.45, 2.75) is 18.9 Å². The van der Waals surface area contributed by atoms with E-state index in [0.29, 0.717) is 37.5 Å². The van der Waals surface area contributed by atoms with Crippen molar-refractivity contribution in [3.05, 3.63) is 29.4 Å². The van der Waals surface area contributed by atoms with Crippen LogP contribution in [-0.4, -0.2) is 60.3 Å². The van der Waals surface area contributed by atoms with Crippen molar-refractivity contribution < 1.29 is 19.1 Å². The maximum Gasteiger partial charge on any atom is 0.410 e. The van der Waals surface area contributed by atoms with Crippen LogP contribution in [0.3, 0.4) is 0 Å². The fraction of sp³-hybridized carbons (Fsp3) is 0.550. The Morgan fingerprint density at radius 3 is 2.86 bits per heavy atom. The normalized spacial score (nSPS) is 27.2. The lowest BCUT2D eigenvalue weighted by molar-refractivity contribution is -0.171. The number of hydrogen-bond donors (Lipinski definition) is 1. The first-order valence-electron chi connectivity index (χ1n) is 9.70. The molecule has 3 fully saturated rings. The van der Waals surface area contributed by atoms with Crippen LogP contribution in [-0.2, 0) is 9.47 Å². The van der Waals surface area contributed by atoms with Crippen LogP contribution >= 0.6 is 11.3 Å². The van der Waals surface area contributed by atoms with Crippen molar-refractivity contribution >= 4 is 33.4 Å². The molecule has 1 saturated carbocycles. The molecule has 2 aromatic rings. The van der Waals surface area contributed by atoms with E-state index in [0.717, 1.165) is 34.5 Å². The number of piperidine rings is 1. The van der Waals surface area contributed by atoms with E-state index in [2.05, 4.69) is 10.3 Å². The Kier molecular flexibility index (Phi) is 4.28. The van der Waals surface area contributed by atoms with E-state index >= 15 is 0 Å². The minimum absolute atomic E-state index is 0.0202. The molecule has 2 saturated heterocycles. The standard InChI is InChI=1S/C20H23N3O4S/c1-20(10-26-11-20)27-19(25)23-8-14-13(15(14)9-23)3-5-22-18(24)16-6-12-2-4-21-7-17(12)28-16/h2,4,6-7,13-15H,3,5,8-11H2,1H3,(H,22,24). The number of amides is 2. The van der Waals surface area contributed by atoms with E-state index < -0.39 is 5.60 Å². The van der Waals surface area contributed by atoms with Crippen LogP contribution in [0.5, 0.6) is 0 Å². The van der Waals surface area contributed by atoms with Crippen LogP contribution in [0.1, 0.15) is 23.0 Å². The van der Waals surface area contributed by atoms with E-state index in [1.165, 1.54) is 11.3 Å². The summed E-state index contributed by atoms with van der Waals surface area (Å²) in [5, 5.41) is 4.08. The topological polar surface area (TPSA) is 80.8 Å². The van der Waals surface area contributed by atoms with Crippen LogP contribution in [0.15, 0.2) is 24.5 Å². The molecule has 5 rings (SSSR count). The average molecular weight is 401 g/mol. The Morgan fingerprint density at radius 2 is 2.18 bits per heavy atom. The number of rotatable bonds is 5. The summed E-state index contributed by atoms with van der Waals surface area (Å²) in [5.74, 6) is 1.67. The van der Waals surface area contributed by atoms with Gasteiger partial charge in [-0.25, -0.2) is 4.79 Å². The van der Waals surface area contributed by atoms with Gasteiger partial charge in [0.25, 0.3) is 5.91 Å². The molecule has 4 heterocycles. The van der Waals surface area contributed by atoms with Crippen molar-refractivity contribution in [1.82, 2.24) is 15.2 Å². The molecular formula is C20H23N3O4S. The highest BCUT2D eigenvalue weighted by atomic mass is 32.1. The first-order valence-corrected chi connectivity index (χ1v) is 10.5. The van der Waals surface area contributed by atoms with E-state index in [1.807, 2.05) is 24.0 Å². The van der Waals surface area contributed by atoms with Gasteiger partial charge < -0.3 is 19.7 Å². The molecule has 0 spiro atoms. The molecule has 8 heteroatoms. The Morgan fingerprint density at radius 1 is 1.39 bits per heavy atom. The summed E-state index contributed by atoms with van der Waals surface area (Å²) in [4.78, 5) is 31.3. The fourth-order valence-corrected chi connectivity index (χ4v) is 5.33. The Balaban J connectivity index is 1.06. The predicted molar refractivity (Wildman–Crippen MR) is 104 cm³/mol. The summed E-state index contributed by atoms with van der Waals surface area (Å²) >= 11 is 1.47. The first kappa shape index (κ1) is 17.9. The van der Waals surface area contributed by atoms with Crippen LogP contribution in [0, 0.1) is 17.8 Å². The Hall–Kier alpha value is -2.19. The maximum absolute atomic E-state index is 12.4. The number of hydrogen-bond acceptors (Lipinski definition) is 6. The van der Waals surface area contributed by atoms with Gasteiger partial charge in [-0.2, -0.15) is 0 Å². The Bertz CT molecular complexity index is 880. The molecule has 0 bridgehead atoms. The van der Waals surface area contributed by atoms with Gasteiger partial charge in [-0.05, 0) is 48.6 Å². The van der Waals surface area contributed by atoms with Crippen LogP contribution < -0.4 is 5.32 Å². The third-order valence-electron chi connectivity index (χ3n) is 6.09. The summed E-state index contributed by atoms with van der Waals surface area (Å²) in [6, 6.07) is 3.84. The molecule has 0 radical (unpaired) electrons. The number of nitrogens with one attached hydrogen (secondary N) is 1. The van der Waals surface area contributed by atoms with Gasteiger partial charge in [-0.1, -0.05) is 0 Å². The van der Waals surface area contributed by atoms with Crippen molar-refractivity contribution in [3.8, 4) is 0 Å². The highest BCUT2D eigenvalue weighted by Crippen LogP contribution is 2.53. The zero-order valence-electron chi connectivity index (χ0n) is 15.7. The Labute approximate surface area is 167 Å². The molecule has 2 unspecified atom stereocenters. The highest BCUT2D eigenvalue weighted by molar-refractivity contribution is 7.20. The molecule has 2 aliphatic heterocycles. The molecule has 28 heavy (non-hydrogen) atoms. The number of thiophene rings is 1. The van der Waals surface area contributed by atoms with E-state index in [1.54, 1.807) is 12.4 Å². The molecule has 1 aliphatic carbocycles. The minimum atomic E-state index is -0.448. The minimum Gasteiger partial charge on any atom is -0.438 e. The van der Waals surface area contributed by atoms with Gasteiger partial charge in [0.2, 0.25) is 0 Å². The van der Waals surface area contributed by atoms with Gasteiger partial charge in [0.1, 0.15) is 0 Å². The monoisotopic (exact) mass is 401 g/mol. The highest BCUT2D eigenvalue weighted by Gasteiger charge is 2.56. The molecule has 2 amide bonds. The van der Waals surface area contributed by atoms with Crippen LogP contribution in [0.25, 0.3) is 10.1 Å². The number of carbonyl (C=O) groups is 2. The lowest BCUT2D eigenvalue weighted by atomic mass is 10.1. The van der Waals surface area contributed by atoms with Gasteiger partial charge in [0.05, 0.1) is 22.8 Å². The third kappa shape index (κ3) is 3.24. The summed E-state index contributed by atoms with van der Waals surface area (Å²) in [5.41, 5.74) is -0.448. The zero-order valence-corrected chi connectivity index (χ0v) is 16.5. The quantitative estimate of drug-likeness (QED) is 0.833. The average Bonchev–Trinajstić information content (AvgIpc) is 3.05. The first-order chi connectivity index (χ1) is 13.5. The maximum atomic E-state index is 12.4. The predicted octanol–water partition coefficient (Wildman–Crippen LogP) is 2.52. The largest absolute Gasteiger partial charge is 0.438 e. The van der Waals surface area contributed by atoms with Crippen LogP contribution in [0.2, 0.25) is 0 Å². The molecule has 2 atom stereocenters. The molecule has 148 valence electrons. The van der Waals surface area contributed by atoms with E-state index in [-0.39, 0.29) is 12.0 Å². The van der Waals surface area contributed by atoms with Crippen molar-refractivity contribution in [2.75, 3.05) is 32.8 Å². The van der Waals surface area contributed by atoms with Crippen molar-refractivity contribution in [2.24, 2.45) is 17.8 Å². The molecule has 7 nitrogen and oxygen atoms in total. The van der Waals surface area contributed by atoms with Crippen molar-refractivity contribution in [1.29, 1.82) is 0 Å². The second-order valence-electron chi connectivity index (χ2n) is 8.28. The lowest BCUT2D eigenvalue weighted by Crippen LogP contribution is -2.52. The number of carbonyl (C=O) groups excluding carboxylic acids is 2. The smallest absolute Gasteiger partial charge is 0.410 e. The molecular weight excluding hydrogens is 378 g/mol. The second kappa shape index (κ2) is 6.70. The number of nitrogens with zero attached hydrogens (tertiary/aromatic N) is 2. The fourth-order valence-electron chi connectivity index (χ4n) is 4.39. The summed E-state index contributed by atoms with van der Waals surface area (Å²) in [7, 11) is 0. The molecule has 2 aromatic heterocycles. The summed E-state index contributed by atoms with van der Waals surface area (Å²) < 4.78 is 11.7. The molecule has 3 aliphatic rings. The number of pyridine rings is 1. The number of aromatic nitrogens is 1.